The van der Waals surface area contributed by atoms with E-state index >= 15 is 0 Å². The van der Waals surface area contributed by atoms with E-state index in [0.717, 1.165) is 12.8 Å². The molecule has 1 atom stereocenters. The summed E-state index contributed by atoms with van der Waals surface area (Å²) in [5.74, 6) is -0.0887. The molecular formula is C34H48O8. The van der Waals surface area contributed by atoms with Crippen molar-refractivity contribution in [2.75, 3.05) is 13.2 Å². The minimum atomic E-state index is -0.389. The first-order valence-corrected chi connectivity index (χ1v) is 14.7. The van der Waals surface area contributed by atoms with Crippen LogP contribution in [-0.4, -0.2) is 49.3 Å². The fourth-order valence-corrected chi connectivity index (χ4v) is 3.69. The first kappa shape index (κ1) is 36.3. The van der Waals surface area contributed by atoms with E-state index in [9.17, 15) is 19.2 Å². The van der Waals surface area contributed by atoms with Crippen molar-refractivity contribution in [3.63, 3.8) is 0 Å². The lowest BCUT2D eigenvalue weighted by molar-refractivity contribution is 0.0367. The van der Waals surface area contributed by atoms with Gasteiger partial charge >= 0.3 is 23.9 Å². The topological polar surface area (TPSA) is 105 Å². The number of benzene rings is 2. The number of carbonyl (C=O) groups is 4. The first-order chi connectivity index (χ1) is 19.7. The summed E-state index contributed by atoms with van der Waals surface area (Å²) in [4.78, 5) is 47.1. The monoisotopic (exact) mass is 584 g/mol. The summed E-state index contributed by atoms with van der Waals surface area (Å²) in [7, 11) is 0. The normalized spacial score (nSPS) is 11.5. The van der Waals surface area contributed by atoms with Gasteiger partial charge in [-0.15, -0.1) is 0 Å². The van der Waals surface area contributed by atoms with E-state index < -0.39 is 0 Å². The van der Waals surface area contributed by atoms with Gasteiger partial charge < -0.3 is 18.9 Å². The number of esters is 4. The van der Waals surface area contributed by atoms with E-state index in [0.29, 0.717) is 53.2 Å². The molecule has 0 amide bonds. The molecule has 0 radical (unpaired) electrons. The minimum absolute atomic E-state index is 0.164. The highest BCUT2D eigenvalue weighted by molar-refractivity contribution is 5.94. The van der Waals surface area contributed by atoms with Gasteiger partial charge in [-0.2, -0.15) is 0 Å². The number of rotatable bonds is 13. The Morgan fingerprint density at radius 3 is 1.21 bits per heavy atom. The quantitative estimate of drug-likeness (QED) is 0.176. The number of hydrogen-bond acceptors (Lipinski definition) is 8. The van der Waals surface area contributed by atoms with Crippen LogP contribution in [0.5, 0.6) is 0 Å². The van der Waals surface area contributed by atoms with Crippen LogP contribution < -0.4 is 0 Å². The first-order valence-electron chi connectivity index (χ1n) is 14.7. The van der Waals surface area contributed by atoms with E-state index in [2.05, 4.69) is 34.6 Å². The summed E-state index contributed by atoms with van der Waals surface area (Å²) >= 11 is 0. The molecule has 232 valence electrons. The maximum atomic E-state index is 12.0. The molecule has 8 nitrogen and oxygen atoms in total. The second-order valence-electron chi connectivity index (χ2n) is 11.7. The van der Waals surface area contributed by atoms with E-state index in [-0.39, 0.29) is 36.1 Å². The Morgan fingerprint density at radius 2 is 0.881 bits per heavy atom. The highest BCUT2D eigenvalue weighted by atomic mass is 16.5. The van der Waals surface area contributed by atoms with Gasteiger partial charge in [-0.1, -0.05) is 34.6 Å². The van der Waals surface area contributed by atoms with Crippen molar-refractivity contribution in [3.05, 3.63) is 70.8 Å². The van der Waals surface area contributed by atoms with Crippen molar-refractivity contribution >= 4 is 23.9 Å². The fraction of sp³-hybridized carbons (Fsp3) is 0.529. The van der Waals surface area contributed by atoms with Crippen molar-refractivity contribution in [3.8, 4) is 0 Å². The molecule has 0 aliphatic rings. The van der Waals surface area contributed by atoms with E-state index in [1.807, 2.05) is 0 Å². The third kappa shape index (κ3) is 14.8. The van der Waals surface area contributed by atoms with E-state index in [1.54, 1.807) is 76.2 Å². The Bertz CT molecular complexity index is 1120. The van der Waals surface area contributed by atoms with Gasteiger partial charge in [0.05, 0.1) is 47.7 Å². The molecule has 0 saturated carbocycles. The molecule has 0 N–H and O–H groups in total. The molecule has 2 aromatic rings. The second-order valence-corrected chi connectivity index (χ2v) is 11.7. The van der Waals surface area contributed by atoms with Crippen molar-refractivity contribution in [2.24, 2.45) is 17.8 Å². The standard InChI is InChI=1S/C18H26O4.C16H22O4/c1-12(2)10-14(5)11-21-17(19)15-6-8-16(9-7-15)18(20)22-13(3)4;1-11(2)9-10-19-15(17)13-5-7-14(8-6-13)16(18)20-12(3)4/h6-9,12-14H,10-11H2,1-5H3;5-8,11-12H,9-10H2,1-4H3. The molecule has 0 fully saturated rings. The average Bonchev–Trinajstić information content (AvgIpc) is 2.91. The van der Waals surface area contributed by atoms with Crippen LogP contribution in [0.25, 0.3) is 0 Å². The molecule has 0 aromatic heterocycles. The summed E-state index contributed by atoms with van der Waals surface area (Å²) in [5.41, 5.74) is 1.74. The van der Waals surface area contributed by atoms with Crippen LogP contribution >= 0.6 is 0 Å². The number of hydrogen-bond donors (Lipinski definition) is 0. The molecule has 42 heavy (non-hydrogen) atoms. The summed E-state index contributed by atoms with van der Waals surface area (Å²) in [6.45, 7) is 18.5. The van der Waals surface area contributed by atoms with Crippen LogP contribution in [0.2, 0.25) is 0 Å². The van der Waals surface area contributed by atoms with Crippen LogP contribution in [0.1, 0.15) is 117 Å². The Kier molecular flexibility index (Phi) is 16.2. The van der Waals surface area contributed by atoms with Gasteiger partial charge in [-0.05, 0) is 107 Å². The molecule has 0 aliphatic heterocycles. The molecule has 0 aliphatic carbocycles. The summed E-state index contributed by atoms with van der Waals surface area (Å²) in [6, 6.07) is 12.6. The summed E-state index contributed by atoms with van der Waals surface area (Å²) in [5, 5.41) is 0. The molecule has 2 rings (SSSR count). The second kappa shape index (κ2) is 18.7. The zero-order chi connectivity index (χ0) is 31.8. The van der Waals surface area contributed by atoms with Crippen LogP contribution in [0.3, 0.4) is 0 Å². The third-order valence-electron chi connectivity index (χ3n) is 5.70. The highest BCUT2D eigenvalue weighted by Gasteiger charge is 2.14. The zero-order valence-electron chi connectivity index (χ0n) is 26.6. The smallest absolute Gasteiger partial charge is 0.338 e. The van der Waals surface area contributed by atoms with Crippen LogP contribution in [0.4, 0.5) is 0 Å². The lowest BCUT2D eigenvalue weighted by Gasteiger charge is -2.14. The van der Waals surface area contributed by atoms with Crippen molar-refractivity contribution in [1.29, 1.82) is 0 Å². The predicted molar refractivity (Wildman–Crippen MR) is 163 cm³/mol. The maximum Gasteiger partial charge on any atom is 0.338 e. The number of ether oxygens (including phenoxy) is 4. The largest absolute Gasteiger partial charge is 0.462 e. The molecule has 0 spiro atoms. The fourth-order valence-electron chi connectivity index (χ4n) is 3.69. The molecule has 8 heteroatoms. The minimum Gasteiger partial charge on any atom is -0.462 e. The molecular weight excluding hydrogens is 536 g/mol. The lowest BCUT2D eigenvalue weighted by atomic mass is 10.00. The Balaban J connectivity index is 0.000000422. The van der Waals surface area contributed by atoms with Crippen molar-refractivity contribution < 1.29 is 38.1 Å². The van der Waals surface area contributed by atoms with Gasteiger partial charge in [-0.3, -0.25) is 0 Å². The molecule has 0 heterocycles. The van der Waals surface area contributed by atoms with Crippen molar-refractivity contribution in [1.82, 2.24) is 0 Å². The predicted octanol–water partition coefficient (Wildman–Crippen LogP) is 7.55. The van der Waals surface area contributed by atoms with Gasteiger partial charge in [-0.25, -0.2) is 19.2 Å². The molecule has 2 aromatic carbocycles. The van der Waals surface area contributed by atoms with Gasteiger partial charge in [0.25, 0.3) is 0 Å². The molecule has 0 saturated heterocycles. The SMILES string of the molecule is CC(C)CC(C)COC(=O)c1ccc(C(=O)OC(C)C)cc1.CC(C)CCOC(=O)c1ccc(C(=O)OC(C)C)cc1. The van der Waals surface area contributed by atoms with Crippen LogP contribution in [0, 0.1) is 17.8 Å². The third-order valence-corrected chi connectivity index (χ3v) is 5.70. The Hall–Kier alpha value is -3.68. The lowest BCUT2D eigenvalue weighted by Crippen LogP contribution is -2.14. The highest BCUT2D eigenvalue weighted by Crippen LogP contribution is 2.14. The summed E-state index contributed by atoms with van der Waals surface area (Å²) < 4.78 is 20.6. The maximum absolute atomic E-state index is 12.0. The van der Waals surface area contributed by atoms with E-state index in [1.165, 1.54) is 0 Å². The van der Waals surface area contributed by atoms with Gasteiger partial charge in [0, 0.05) is 0 Å². The Labute approximate surface area is 251 Å². The molecule has 1 unspecified atom stereocenters. The number of carbonyl (C=O) groups excluding carboxylic acids is 4. The van der Waals surface area contributed by atoms with Crippen LogP contribution in [-0.2, 0) is 18.9 Å². The van der Waals surface area contributed by atoms with Gasteiger partial charge in [0.2, 0.25) is 0 Å². The van der Waals surface area contributed by atoms with E-state index in [4.69, 9.17) is 18.9 Å². The Morgan fingerprint density at radius 1 is 0.524 bits per heavy atom. The zero-order valence-corrected chi connectivity index (χ0v) is 26.6. The van der Waals surface area contributed by atoms with Crippen molar-refractivity contribution in [2.45, 2.75) is 87.4 Å². The molecule has 0 bridgehead atoms. The van der Waals surface area contributed by atoms with Gasteiger partial charge in [0.1, 0.15) is 0 Å². The van der Waals surface area contributed by atoms with Crippen LogP contribution in [0.15, 0.2) is 48.5 Å². The summed E-state index contributed by atoms with van der Waals surface area (Å²) in [6.07, 6.45) is 1.53. The average molecular weight is 585 g/mol. The van der Waals surface area contributed by atoms with Gasteiger partial charge in [0.15, 0.2) is 0 Å².